The molecule has 3 N–H and O–H groups in total. The molecule has 0 fully saturated rings. The lowest BCUT2D eigenvalue weighted by Crippen LogP contribution is -1.82. The average molecular weight is 498 g/mol. The van der Waals surface area contributed by atoms with Gasteiger partial charge in [0.1, 0.15) is 0 Å². The summed E-state index contributed by atoms with van der Waals surface area (Å²) in [4.78, 5) is 11.0. The Hall–Kier alpha value is -5.28. The van der Waals surface area contributed by atoms with Crippen LogP contribution in [0, 0.1) is 0 Å². The summed E-state index contributed by atoms with van der Waals surface area (Å²) in [7, 11) is 0. The first-order valence-electron chi connectivity index (χ1n) is 13.4. The van der Waals surface area contributed by atoms with Crippen molar-refractivity contribution < 1.29 is 0 Å². The second-order valence-corrected chi connectivity index (χ2v) is 10.4. The van der Waals surface area contributed by atoms with E-state index in [1.54, 1.807) is 0 Å². The summed E-state index contributed by atoms with van der Waals surface area (Å²) in [6, 6.07) is 43.8. The van der Waals surface area contributed by atoms with Gasteiger partial charge in [0.2, 0.25) is 0 Å². The van der Waals surface area contributed by atoms with Crippen molar-refractivity contribution in [2.24, 2.45) is 0 Å². The summed E-state index contributed by atoms with van der Waals surface area (Å²) in [6.07, 6.45) is 0. The topological polar surface area (TPSA) is 47.4 Å². The van der Waals surface area contributed by atoms with Crippen molar-refractivity contribution in [1.29, 1.82) is 0 Å². The van der Waals surface area contributed by atoms with Crippen molar-refractivity contribution in [3.63, 3.8) is 0 Å². The minimum absolute atomic E-state index is 1.15. The molecule has 0 aliphatic rings. The quantitative estimate of drug-likeness (QED) is 0.213. The minimum Gasteiger partial charge on any atom is -0.355 e. The third-order valence-corrected chi connectivity index (χ3v) is 8.30. The molecular formula is C36H23N3. The van der Waals surface area contributed by atoms with E-state index >= 15 is 0 Å². The van der Waals surface area contributed by atoms with E-state index in [1.165, 1.54) is 76.6 Å². The molecule has 0 saturated carbocycles. The van der Waals surface area contributed by atoms with E-state index in [2.05, 4.69) is 136 Å². The Bertz CT molecular complexity index is 2230. The zero-order valence-electron chi connectivity index (χ0n) is 21.0. The van der Waals surface area contributed by atoms with Gasteiger partial charge in [-0.05, 0) is 47.5 Å². The first kappa shape index (κ1) is 20.7. The van der Waals surface area contributed by atoms with Gasteiger partial charge in [0.15, 0.2) is 0 Å². The van der Waals surface area contributed by atoms with E-state index in [1.807, 2.05) is 0 Å². The molecule has 3 heterocycles. The molecule has 0 aliphatic heterocycles. The number of hydrogen-bond acceptors (Lipinski definition) is 0. The third kappa shape index (κ3) is 2.93. The summed E-state index contributed by atoms with van der Waals surface area (Å²) in [5.41, 5.74) is 11.9. The van der Waals surface area contributed by atoms with Gasteiger partial charge < -0.3 is 15.0 Å². The highest BCUT2D eigenvalue weighted by atomic mass is 14.7. The molecule has 0 unspecified atom stereocenters. The number of hydrogen-bond donors (Lipinski definition) is 3. The Balaban J connectivity index is 1.26. The van der Waals surface area contributed by atoms with Crippen LogP contribution in [0.1, 0.15) is 0 Å². The average Bonchev–Trinajstić information content (AvgIpc) is 3.67. The van der Waals surface area contributed by atoms with Gasteiger partial charge in [-0.1, -0.05) is 84.9 Å². The molecule has 0 spiro atoms. The third-order valence-electron chi connectivity index (χ3n) is 8.30. The summed E-state index contributed by atoms with van der Waals surface area (Å²) in [5, 5.41) is 7.52. The van der Waals surface area contributed by atoms with Gasteiger partial charge in [0.05, 0.1) is 11.0 Å². The van der Waals surface area contributed by atoms with Crippen LogP contribution in [0.5, 0.6) is 0 Å². The summed E-state index contributed by atoms with van der Waals surface area (Å²) in [6.45, 7) is 0. The molecule has 0 bridgehead atoms. The maximum Gasteiger partial charge on any atom is 0.0544 e. The molecule has 39 heavy (non-hydrogen) atoms. The predicted octanol–water partition coefficient (Wildman–Crippen LogP) is 9.92. The molecule has 9 aromatic rings. The first-order chi connectivity index (χ1) is 19.3. The largest absolute Gasteiger partial charge is 0.355 e. The standard InChI is InChI=1S/C36H23N3/c1-3-13-31-25(7-1)27-11-5-9-23(35(27)38-31)21-15-17-33-29(19-21)30-20-22(16-18-34(30)37-33)24-10-6-12-28-26-8-2-4-14-32(26)39-36(24)28/h1-20,37-39H. The van der Waals surface area contributed by atoms with Crippen molar-refractivity contribution in [3.8, 4) is 22.3 Å². The van der Waals surface area contributed by atoms with E-state index < -0.39 is 0 Å². The second-order valence-electron chi connectivity index (χ2n) is 10.4. The van der Waals surface area contributed by atoms with Crippen LogP contribution < -0.4 is 0 Å². The zero-order valence-corrected chi connectivity index (χ0v) is 21.0. The molecule has 0 atom stereocenters. The number of rotatable bonds is 2. The number of benzene rings is 6. The van der Waals surface area contributed by atoms with Gasteiger partial charge >= 0.3 is 0 Å². The minimum atomic E-state index is 1.15. The summed E-state index contributed by atoms with van der Waals surface area (Å²) < 4.78 is 0. The molecule has 0 aliphatic carbocycles. The molecule has 3 aromatic heterocycles. The molecule has 3 heteroatoms. The Labute approximate surface area is 223 Å². The van der Waals surface area contributed by atoms with E-state index in [-0.39, 0.29) is 0 Å². The van der Waals surface area contributed by atoms with E-state index in [0.29, 0.717) is 0 Å². The van der Waals surface area contributed by atoms with Crippen LogP contribution >= 0.6 is 0 Å². The highest BCUT2D eigenvalue weighted by Gasteiger charge is 2.14. The van der Waals surface area contributed by atoms with Crippen molar-refractivity contribution in [2.75, 3.05) is 0 Å². The van der Waals surface area contributed by atoms with Gasteiger partial charge in [-0.3, -0.25) is 0 Å². The van der Waals surface area contributed by atoms with E-state index in [0.717, 1.165) is 11.0 Å². The zero-order chi connectivity index (χ0) is 25.5. The lowest BCUT2D eigenvalue weighted by Gasteiger charge is -2.06. The van der Waals surface area contributed by atoms with Gasteiger partial charge in [0.25, 0.3) is 0 Å². The fourth-order valence-corrected chi connectivity index (χ4v) is 6.46. The number of aromatic amines is 3. The van der Waals surface area contributed by atoms with Crippen molar-refractivity contribution in [3.05, 3.63) is 121 Å². The summed E-state index contributed by atoms with van der Waals surface area (Å²) >= 11 is 0. The van der Waals surface area contributed by atoms with Crippen LogP contribution in [0.4, 0.5) is 0 Å². The lowest BCUT2D eigenvalue weighted by atomic mass is 9.98. The van der Waals surface area contributed by atoms with E-state index in [4.69, 9.17) is 0 Å². The molecule has 0 amide bonds. The molecule has 0 radical (unpaired) electrons. The second kappa shape index (κ2) is 7.62. The monoisotopic (exact) mass is 497 g/mol. The van der Waals surface area contributed by atoms with Crippen molar-refractivity contribution >= 4 is 65.4 Å². The summed E-state index contributed by atoms with van der Waals surface area (Å²) in [5.74, 6) is 0. The Kier molecular flexibility index (Phi) is 4.05. The van der Waals surface area contributed by atoms with Crippen LogP contribution in [0.3, 0.4) is 0 Å². The van der Waals surface area contributed by atoms with E-state index in [9.17, 15) is 0 Å². The fraction of sp³-hybridized carbons (Fsp3) is 0. The van der Waals surface area contributed by atoms with Gasteiger partial charge in [0, 0.05) is 65.5 Å². The van der Waals surface area contributed by atoms with Crippen molar-refractivity contribution in [1.82, 2.24) is 15.0 Å². The van der Waals surface area contributed by atoms with Gasteiger partial charge in [-0.15, -0.1) is 0 Å². The SMILES string of the molecule is c1ccc2c(c1)[nH]c1c(-c3ccc4[nH]c5ccc(-c6cccc7c6[nH]c6ccccc67)cc5c4c3)cccc12. The molecule has 0 saturated heterocycles. The predicted molar refractivity (Wildman–Crippen MR) is 165 cm³/mol. The first-order valence-corrected chi connectivity index (χ1v) is 13.4. The van der Waals surface area contributed by atoms with Crippen molar-refractivity contribution in [2.45, 2.75) is 0 Å². The number of nitrogens with one attached hydrogen (secondary N) is 3. The fourth-order valence-electron chi connectivity index (χ4n) is 6.46. The number of para-hydroxylation sites is 4. The van der Waals surface area contributed by atoms with Crippen LogP contribution in [0.2, 0.25) is 0 Å². The molecule has 182 valence electrons. The van der Waals surface area contributed by atoms with Gasteiger partial charge in [-0.25, -0.2) is 0 Å². The number of aromatic nitrogens is 3. The molecule has 3 nitrogen and oxygen atoms in total. The highest BCUT2D eigenvalue weighted by Crippen LogP contribution is 2.38. The number of H-pyrrole nitrogens is 3. The van der Waals surface area contributed by atoms with Crippen LogP contribution in [-0.4, -0.2) is 15.0 Å². The molecule has 9 rings (SSSR count). The normalized spacial score (nSPS) is 12.1. The Morgan fingerprint density at radius 3 is 1.26 bits per heavy atom. The van der Waals surface area contributed by atoms with Crippen LogP contribution in [0.15, 0.2) is 121 Å². The maximum absolute atomic E-state index is 3.67. The highest BCUT2D eigenvalue weighted by molar-refractivity contribution is 6.15. The lowest BCUT2D eigenvalue weighted by molar-refractivity contribution is 1.52. The van der Waals surface area contributed by atoms with Crippen LogP contribution in [-0.2, 0) is 0 Å². The molecule has 6 aromatic carbocycles. The maximum atomic E-state index is 3.67. The van der Waals surface area contributed by atoms with Crippen LogP contribution in [0.25, 0.3) is 87.7 Å². The Morgan fingerprint density at radius 2 is 0.744 bits per heavy atom. The Morgan fingerprint density at radius 1 is 0.308 bits per heavy atom. The molecular weight excluding hydrogens is 474 g/mol. The van der Waals surface area contributed by atoms with Gasteiger partial charge in [-0.2, -0.15) is 0 Å². The smallest absolute Gasteiger partial charge is 0.0544 e. The number of fused-ring (bicyclic) bond motifs is 9.